The molecule has 1 N–H and O–H groups in total. The van der Waals surface area contributed by atoms with Gasteiger partial charge in [0.25, 0.3) is 0 Å². The van der Waals surface area contributed by atoms with E-state index in [4.69, 9.17) is 11.6 Å². The van der Waals surface area contributed by atoms with Crippen LogP contribution in [0.3, 0.4) is 0 Å². The molecular formula is C20H13ClF3N3O2S. The molecule has 0 radical (unpaired) electrons. The number of fused-ring (bicyclic) bond motifs is 1. The summed E-state index contributed by atoms with van der Waals surface area (Å²) >= 11 is 5.75. The topological polar surface area (TPSA) is 60.1 Å². The molecule has 2 aromatic heterocycles. The molecule has 0 amide bonds. The zero-order valence-electron chi connectivity index (χ0n) is 15.1. The summed E-state index contributed by atoms with van der Waals surface area (Å²) in [6.07, 6.45) is 2.88. The van der Waals surface area contributed by atoms with Crippen molar-refractivity contribution in [3.8, 4) is 11.6 Å². The van der Waals surface area contributed by atoms with E-state index in [2.05, 4.69) is 4.98 Å². The van der Waals surface area contributed by atoms with Crippen molar-refractivity contribution in [1.29, 1.82) is 0 Å². The second-order valence-electron chi connectivity index (χ2n) is 6.41. The Morgan fingerprint density at radius 3 is 2.53 bits per heavy atom. The molecule has 0 aliphatic carbocycles. The molecule has 4 aromatic rings. The Labute approximate surface area is 177 Å². The molecule has 0 atom stereocenters. The Morgan fingerprint density at radius 2 is 1.83 bits per heavy atom. The van der Waals surface area contributed by atoms with E-state index in [9.17, 15) is 23.1 Å². The van der Waals surface area contributed by atoms with Gasteiger partial charge in [-0.2, -0.15) is 13.2 Å². The van der Waals surface area contributed by atoms with E-state index in [1.807, 2.05) is 0 Å². The lowest BCUT2D eigenvalue weighted by molar-refractivity contribution is -0.0328. The number of hydrogen-bond donors (Lipinski definition) is 1. The Hall–Kier alpha value is -2.91. The number of pyridine rings is 1. The van der Waals surface area contributed by atoms with Gasteiger partial charge >= 0.3 is 11.2 Å². The molecule has 0 unspecified atom stereocenters. The van der Waals surface area contributed by atoms with Gasteiger partial charge in [-0.05, 0) is 59.8 Å². The summed E-state index contributed by atoms with van der Waals surface area (Å²) in [5.74, 6) is -0.322. The molecular weight excluding hydrogens is 439 g/mol. The highest BCUT2D eigenvalue weighted by Gasteiger charge is 2.29. The third-order valence-corrected chi connectivity index (χ3v) is 5.38. The van der Waals surface area contributed by atoms with Gasteiger partial charge in [-0.25, -0.2) is 9.36 Å². The Morgan fingerprint density at radius 1 is 1.10 bits per heavy atom. The van der Waals surface area contributed by atoms with Gasteiger partial charge in [-0.3, -0.25) is 9.55 Å². The molecule has 30 heavy (non-hydrogen) atoms. The summed E-state index contributed by atoms with van der Waals surface area (Å²) in [7, 11) is 0. The normalized spacial score (nSPS) is 11.9. The van der Waals surface area contributed by atoms with E-state index in [1.54, 1.807) is 30.5 Å². The van der Waals surface area contributed by atoms with Gasteiger partial charge in [-0.1, -0.05) is 17.7 Å². The third-order valence-electron chi connectivity index (χ3n) is 4.40. The van der Waals surface area contributed by atoms with Gasteiger partial charge < -0.3 is 5.11 Å². The van der Waals surface area contributed by atoms with Crippen LogP contribution in [0, 0.1) is 0 Å². The minimum absolute atomic E-state index is 0.0138. The third kappa shape index (κ3) is 4.17. The number of rotatable bonds is 4. The smallest absolute Gasteiger partial charge is 0.446 e. The Bertz CT molecular complexity index is 1280. The van der Waals surface area contributed by atoms with Crippen molar-refractivity contribution >= 4 is 34.3 Å². The average molecular weight is 452 g/mol. The first-order valence-corrected chi connectivity index (χ1v) is 9.81. The molecule has 154 valence electrons. The monoisotopic (exact) mass is 451 g/mol. The van der Waals surface area contributed by atoms with Crippen LogP contribution in [0.15, 0.2) is 70.6 Å². The molecule has 0 fully saturated rings. The minimum Gasteiger partial charge on any atom is -0.493 e. The predicted molar refractivity (Wildman–Crippen MR) is 109 cm³/mol. The first-order valence-electron chi connectivity index (χ1n) is 8.62. The van der Waals surface area contributed by atoms with Crippen molar-refractivity contribution in [1.82, 2.24) is 14.1 Å². The fraction of sp³-hybridized carbons (Fsp3) is 0.100. The highest BCUT2D eigenvalue weighted by Crippen LogP contribution is 2.37. The molecule has 5 nitrogen and oxygen atoms in total. The fourth-order valence-corrected chi connectivity index (χ4v) is 3.84. The van der Waals surface area contributed by atoms with Crippen LogP contribution in [-0.2, 0) is 6.54 Å². The van der Waals surface area contributed by atoms with Crippen molar-refractivity contribution in [2.75, 3.05) is 0 Å². The van der Waals surface area contributed by atoms with Crippen LogP contribution in [0.2, 0.25) is 5.02 Å². The highest BCUT2D eigenvalue weighted by molar-refractivity contribution is 8.00. The summed E-state index contributed by atoms with van der Waals surface area (Å²) in [5, 5.41) is 11.6. The van der Waals surface area contributed by atoms with Gasteiger partial charge in [0.15, 0.2) is 0 Å². The van der Waals surface area contributed by atoms with Crippen molar-refractivity contribution < 1.29 is 18.3 Å². The van der Waals surface area contributed by atoms with Crippen LogP contribution in [0.5, 0.6) is 5.88 Å². The fourth-order valence-electron chi connectivity index (χ4n) is 3.13. The molecule has 2 heterocycles. The maximum absolute atomic E-state index is 12.8. The Balaban J connectivity index is 1.67. The summed E-state index contributed by atoms with van der Waals surface area (Å²) < 4.78 is 39.8. The van der Waals surface area contributed by atoms with Crippen molar-refractivity contribution in [3.63, 3.8) is 0 Å². The van der Waals surface area contributed by atoms with Gasteiger partial charge in [0, 0.05) is 21.5 Å². The van der Waals surface area contributed by atoms with E-state index in [1.165, 1.54) is 35.0 Å². The van der Waals surface area contributed by atoms with Crippen LogP contribution >= 0.6 is 23.4 Å². The van der Waals surface area contributed by atoms with Crippen molar-refractivity contribution in [3.05, 3.63) is 82.0 Å². The summed E-state index contributed by atoms with van der Waals surface area (Å²) in [4.78, 5) is 17.1. The number of aromatic hydroxyl groups is 1. The zero-order valence-corrected chi connectivity index (χ0v) is 16.7. The van der Waals surface area contributed by atoms with E-state index >= 15 is 0 Å². The average Bonchev–Trinajstić information content (AvgIpc) is 2.94. The number of hydrogen-bond acceptors (Lipinski definition) is 4. The molecule has 0 saturated heterocycles. The number of halogens is 4. The second kappa shape index (κ2) is 7.73. The van der Waals surface area contributed by atoms with Crippen LogP contribution in [0.1, 0.15) is 5.56 Å². The Kier molecular flexibility index (Phi) is 5.25. The first kappa shape index (κ1) is 20.4. The number of thioether (sulfide) groups is 1. The minimum atomic E-state index is -4.40. The van der Waals surface area contributed by atoms with E-state index in [-0.39, 0.29) is 34.8 Å². The summed E-state index contributed by atoms with van der Waals surface area (Å²) in [6.45, 7) is 0.169. The van der Waals surface area contributed by atoms with Crippen LogP contribution < -0.4 is 5.69 Å². The summed E-state index contributed by atoms with van der Waals surface area (Å²) in [5.41, 5.74) is -3.19. The largest absolute Gasteiger partial charge is 0.493 e. The van der Waals surface area contributed by atoms with Crippen LogP contribution in [-0.4, -0.2) is 24.7 Å². The quantitative estimate of drug-likeness (QED) is 0.433. The van der Waals surface area contributed by atoms with Crippen LogP contribution in [0.25, 0.3) is 16.6 Å². The predicted octanol–water partition coefficient (Wildman–Crippen LogP) is 5.21. The van der Waals surface area contributed by atoms with Gasteiger partial charge in [0.05, 0.1) is 23.9 Å². The maximum atomic E-state index is 12.8. The first-order chi connectivity index (χ1) is 14.2. The second-order valence-corrected chi connectivity index (χ2v) is 7.98. The highest BCUT2D eigenvalue weighted by atomic mass is 35.5. The number of alkyl halides is 3. The molecule has 0 bridgehead atoms. The molecule has 10 heteroatoms. The van der Waals surface area contributed by atoms with Crippen molar-refractivity contribution in [2.24, 2.45) is 0 Å². The van der Waals surface area contributed by atoms with Crippen LogP contribution in [0.4, 0.5) is 13.2 Å². The summed E-state index contributed by atoms with van der Waals surface area (Å²) in [6, 6.07) is 12.2. The van der Waals surface area contributed by atoms with Gasteiger partial charge in [0.1, 0.15) is 0 Å². The number of aromatic nitrogens is 3. The standard InChI is InChI=1S/C20H13ClF3N3O2S/c21-13-1-6-16-12(7-8-25-17(16)9-13)10-26-11-18(28)27(19(26)29)14-2-4-15(5-3-14)30-20(22,23)24/h1-9,11,28H,10H2. The lowest BCUT2D eigenvalue weighted by Gasteiger charge is -2.08. The zero-order chi connectivity index (χ0) is 21.5. The molecule has 4 rings (SSSR count). The molecule has 0 aliphatic heterocycles. The molecule has 0 saturated carbocycles. The number of nitrogens with zero attached hydrogens (tertiary/aromatic N) is 3. The van der Waals surface area contributed by atoms with Crippen molar-refractivity contribution in [2.45, 2.75) is 16.9 Å². The number of benzene rings is 2. The maximum Gasteiger partial charge on any atom is 0.446 e. The molecule has 0 spiro atoms. The lowest BCUT2D eigenvalue weighted by Crippen LogP contribution is -2.23. The number of imidazole rings is 1. The lowest BCUT2D eigenvalue weighted by atomic mass is 10.1. The van der Waals surface area contributed by atoms with E-state index in [0.717, 1.165) is 15.5 Å². The van der Waals surface area contributed by atoms with E-state index < -0.39 is 11.2 Å². The SMILES string of the molecule is O=c1n(Cc2ccnc3cc(Cl)ccc23)cc(O)n1-c1ccc(SC(F)(F)F)cc1. The van der Waals surface area contributed by atoms with Gasteiger partial charge in [0.2, 0.25) is 5.88 Å². The molecule has 2 aromatic carbocycles. The van der Waals surface area contributed by atoms with Gasteiger partial charge in [-0.15, -0.1) is 0 Å². The van der Waals surface area contributed by atoms with E-state index in [0.29, 0.717) is 10.5 Å². The molecule has 0 aliphatic rings.